The van der Waals surface area contributed by atoms with Gasteiger partial charge in [0.15, 0.2) is 5.75 Å². The number of hydrogen-bond donors (Lipinski definition) is 1. The second kappa shape index (κ2) is 9.31. The van der Waals surface area contributed by atoms with Crippen LogP contribution in [-0.4, -0.2) is 12.1 Å². The molecule has 1 N–H and O–H groups in total. The summed E-state index contributed by atoms with van der Waals surface area (Å²) < 4.78 is 5.66. The number of ether oxygens (including phenoxy) is 1. The molecular formula is C20H25Cl2NO. The molecule has 1 atom stereocenters. The van der Waals surface area contributed by atoms with E-state index in [9.17, 15) is 0 Å². The first-order chi connectivity index (χ1) is 11.5. The zero-order chi connectivity index (χ0) is 17.5. The van der Waals surface area contributed by atoms with Gasteiger partial charge >= 0.3 is 0 Å². The average molecular weight is 366 g/mol. The van der Waals surface area contributed by atoms with Gasteiger partial charge in [0.1, 0.15) is 0 Å². The van der Waals surface area contributed by atoms with E-state index < -0.39 is 0 Å². The highest BCUT2D eigenvalue weighted by Crippen LogP contribution is 2.35. The lowest BCUT2D eigenvalue weighted by atomic mass is 10.1. The zero-order valence-electron chi connectivity index (χ0n) is 14.5. The molecule has 0 fully saturated rings. The molecule has 0 unspecified atom stereocenters. The van der Waals surface area contributed by atoms with Crippen molar-refractivity contribution in [3.8, 4) is 5.75 Å². The Morgan fingerprint density at radius 1 is 0.958 bits per heavy atom. The molecule has 0 aliphatic rings. The van der Waals surface area contributed by atoms with Crippen LogP contribution in [0, 0.1) is 0 Å². The standard InChI is InChI=1S/C20H25Cl2NO/c1-14(2)24-20-18(21)11-17(12-19(20)22)13-23-15(3)9-10-16-7-5-4-6-8-16/h4-8,11-12,14-15,23H,9-10,13H2,1-3H3/t15-/m1/s1. The third-order valence-electron chi connectivity index (χ3n) is 3.78. The quantitative estimate of drug-likeness (QED) is 0.629. The van der Waals surface area contributed by atoms with Gasteiger partial charge in [-0.3, -0.25) is 0 Å². The summed E-state index contributed by atoms with van der Waals surface area (Å²) in [4.78, 5) is 0. The lowest BCUT2D eigenvalue weighted by Crippen LogP contribution is -2.26. The normalized spacial score (nSPS) is 12.4. The van der Waals surface area contributed by atoms with Crippen LogP contribution in [0.2, 0.25) is 10.0 Å². The van der Waals surface area contributed by atoms with Crippen molar-refractivity contribution in [1.29, 1.82) is 0 Å². The Kier molecular flexibility index (Phi) is 7.41. The molecule has 24 heavy (non-hydrogen) atoms. The Hall–Kier alpha value is -1.22. The van der Waals surface area contributed by atoms with Crippen molar-refractivity contribution < 1.29 is 4.74 Å². The van der Waals surface area contributed by atoms with Gasteiger partial charge in [-0.1, -0.05) is 53.5 Å². The van der Waals surface area contributed by atoms with E-state index in [0.29, 0.717) is 21.8 Å². The summed E-state index contributed by atoms with van der Waals surface area (Å²) >= 11 is 12.6. The highest BCUT2D eigenvalue weighted by Gasteiger charge is 2.12. The van der Waals surface area contributed by atoms with E-state index in [0.717, 1.165) is 24.9 Å². The number of hydrogen-bond acceptors (Lipinski definition) is 2. The molecule has 0 heterocycles. The van der Waals surface area contributed by atoms with Crippen LogP contribution in [0.4, 0.5) is 0 Å². The molecule has 0 saturated carbocycles. The zero-order valence-corrected chi connectivity index (χ0v) is 16.0. The molecule has 0 saturated heterocycles. The Morgan fingerprint density at radius 3 is 2.17 bits per heavy atom. The van der Waals surface area contributed by atoms with E-state index in [1.54, 1.807) is 0 Å². The number of aryl methyl sites for hydroxylation is 1. The summed E-state index contributed by atoms with van der Waals surface area (Å²) in [6.45, 7) is 6.84. The second-order valence-electron chi connectivity index (χ2n) is 6.36. The fourth-order valence-corrected chi connectivity index (χ4v) is 3.11. The predicted molar refractivity (Wildman–Crippen MR) is 103 cm³/mol. The minimum atomic E-state index is 0.0435. The molecule has 0 aliphatic heterocycles. The van der Waals surface area contributed by atoms with Crippen molar-refractivity contribution in [3.63, 3.8) is 0 Å². The summed E-state index contributed by atoms with van der Waals surface area (Å²) in [6, 6.07) is 14.8. The Morgan fingerprint density at radius 2 is 1.58 bits per heavy atom. The number of benzene rings is 2. The van der Waals surface area contributed by atoms with Crippen LogP contribution in [0.5, 0.6) is 5.75 Å². The van der Waals surface area contributed by atoms with Crippen molar-refractivity contribution in [2.24, 2.45) is 0 Å². The van der Waals surface area contributed by atoms with E-state index in [2.05, 4.69) is 36.5 Å². The molecule has 0 radical (unpaired) electrons. The molecule has 0 amide bonds. The summed E-state index contributed by atoms with van der Waals surface area (Å²) in [5, 5.41) is 4.65. The highest BCUT2D eigenvalue weighted by molar-refractivity contribution is 6.37. The number of halogens is 2. The van der Waals surface area contributed by atoms with Gasteiger partial charge in [-0.25, -0.2) is 0 Å². The van der Waals surface area contributed by atoms with Gasteiger partial charge in [-0.15, -0.1) is 0 Å². The third kappa shape index (κ3) is 6.01. The molecule has 130 valence electrons. The number of rotatable bonds is 8. The van der Waals surface area contributed by atoms with E-state index in [4.69, 9.17) is 27.9 Å². The van der Waals surface area contributed by atoms with Gasteiger partial charge in [0.2, 0.25) is 0 Å². The Balaban J connectivity index is 1.87. The molecule has 2 aromatic rings. The van der Waals surface area contributed by atoms with Crippen molar-refractivity contribution in [3.05, 3.63) is 63.6 Å². The minimum absolute atomic E-state index is 0.0435. The Bertz CT molecular complexity index is 620. The molecule has 2 rings (SSSR count). The van der Waals surface area contributed by atoms with Crippen LogP contribution < -0.4 is 10.1 Å². The molecule has 0 aliphatic carbocycles. The van der Waals surface area contributed by atoms with Crippen LogP contribution in [0.25, 0.3) is 0 Å². The van der Waals surface area contributed by atoms with E-state index >= 15 is 0 Å². The van der Waals surface area contributed by atoms with Gasteiger partial charge in [-0.05, 0) is 56.9 Å². The summed E-state index contributed by atoms with van der Waals surface area (Å²) in [7, 11) is 0. The first-order valence-electron chi connectivity index (χ1n) is 8.37. The Labute approximate surface area is 155 Å². The maximum Gasteiger partial charge on any atom is 0.156 e. The first-order valence-corrected chi connectivity index (χ1v) is 9.13. The first kappa shape index (κ1) is 19.1. The molecule has 4 heteroatoms. The maximum atomic E-state index is 6.30. The maximum absolute atomic E-state index is 6.30. The van der Waals surface area contributed by atoms with Crippen molar-refractivity contribution >= 4 is 23.2 Å². The van der Waals surface area contributed by atoms with Gasteiger partial charge in [0.25, 0.3) is 0 Å². The monoisotopic (exact) mass is 365 g/mol. The molecule has 2 nitrogen and oxygen atoms in total. The predicted octanol–water partition coefficient (Wildman–Crippen LogP) is 5.89. The van der Waals surface area contributed by atoms with Crippen LogP contribution in [-0.2, 0) is 13.0 Å². The van der Waals surface area contributed by atoms with E-state index in [1.807, 2.05) is 32.0 Å². The van der Waals surface area contributed by atoms with Gasteiger partial charge < -0.3 is 10.1 Å². The van der Waals surface area contributed by atoms with E-state index in [-0.39, 0.29) is 6.10 Å². The molecular weight excluding hydrogens is 341 g/mol. The summed E-state index contributed by atoms with van der Waals surface area (Å²) in [5.41, 5.74) is 2.43. The average Bonchev–Trinajstić information content (AvgIpc) is 2.55. The SMILES string of the molecule is CC(C)Oc1c(Cl)cc(CN[C@H](C)CCc2ccccc2)cc1Cl. The fourth-order valence-electron chi connectivity index (χ4n) is 2.48. The summed E-state index contributed by atoms with van der Waals surface area (Å²) in [5.74, 6) is 0.564. The van der Waals surface area contributed by atoms with Crippen LogP contribution in [0.1, 0.15) is 38.3 Å². The topological polar surface area (TPSA) is 21.3 Å². The van der Waals surface area contributed by atoms with Crippen LogP contribution >= 0.6 is 23.2 Å². The lowest BCUT2D eigenvalue weighted by Gasteiger charge is -2.17. The van der Waals surface area contributed by atoms with Gasteiger partial charge in [0.05, 0.1) is 16.1 Å². The van der Waals surface area contributed by atoms with Crippen molar-refractivity contribution in [2.45, 2.75) is 52.3 Å². The summed E-state index contributed by atoms with van der Waals surface area (Å²) in [6.07, 6.45) is 2.19. The third-order valence-corrected chi connectivity index (χ3v) is 4.34. The minimum Gasteiger partial charge on any atom is -0.488 e. The largest absolute Gasteiger partial charge is 0.488 e. The molecule has 0 aromatic heterocycles. The number of nitrogens with one attached hydrogen (secondary N) is 1. The van der Waals surface area contributed by atoms with Crippen molar-refractivity contribution in [2.75, 3.05) is 0 Å². The molecule has 0 spiro atoms. The van der Waals surface area contributed by atoms with Crippen molar-refractivity contribution in [1.82, 2.24) is 5.32 Å². The second-order valence-corrected chi connectivity index (χ2v) is 7.18. The fraction of sp³-hybridized carbons (Fsp3) is 0.400. The van der Waals surface area contributed by atoms with Gasteiger partial charge in [-0.2, -0.15) is 0 Å². The molecule has 0 bridgehead atoms. The lowest BCUT2D eigenvalue weighted by molar-refractivity contribution is 0.242. The smallest absolute Gasteiger partial charge is 0.156 e. The van der Waals surface area contributed by atoms with Crippen LogP contribution in [0.15, 0.2) is 42.5 Å². The van der Waals surface area contributed by atoms with Crippen LogP contribution in [0.3, 0.4) is 0 Å². The highest BCUT2D eigenvalue weighted by atomic mass is 35.5. The molecule has 2 aromatic carbocycles. The van der Waals surface area contributed by atoms with Gasteiger partial charge in [0, 0.05) is 12.6 Å². The van der Waals surface area contributed by atoms with E-state index in [1.165, 1.54) is 5.56 Å².